The van der Waals surface area contributed by atoms with E-state index < -0.39 is 0 Å². The molecule has 25 heavy (non-hydrogen) atoms. The van der Waals surface area contributed by atoms with E-state index in [0.717, 1.165) is 17.7 Å². The van der Waals surface area contributed by atoms with Gasteiger partial charge in [-0.3, -0.25) is 4.79 Å². The molecule has 3 heterocycles. The third-order valence-corrected chi connectivity index (χ3v) is 5.20. The lowest BCUT2D eigenvalue weighted by molar-refractivity contribution is -0.122. The van der Waals surface area contributed by atoms with Gasteiger partial charge in [0.2, 0.25) is 17.6 Å². The van der Waals surface area contributed by atoms with Crippen molar-refractivity contribution < 1.29 is 9.32 Å². The van der Waals surface area contributed by atoms with Gasteiger partial charge in [-0.15, -0.1) is 11.3 Å². The van der Waals surface area contributed by atoms with Gasteiger partial charge < -0.3 is 15.2 Å². The monoisotopic (exact) mass is 362 g/mol. The largest absolute Gasteiger partial charge is 0.353 e. The molecule has 2 aromatic heterocycles. The van der Waals surface area contributed by atoms with Crippen LogP contribution >= 0.6 is 11.3 Å². The fourth-order valence-electron chi connectivity index (χ4n) is 3.81. The summed E-state index contributed by atoms with van der Waals surface area (Å²) in [5, 5.41) is 12.7. The van der Waals surface area contributed by atoms with Crippen LogP contribution in [0.3, 0.4) is 0 Å². The maximum Gasteiger partial charge on any atom is 0.227 e. The molecule has 1 aliphatic rings. The molecule has 1 aliphatic heterocycles. The van der Waals surface area contributed by atoms with Crippen LogP contribution < -0.4 is 10.6 Å². The molecule has 2 aromatic rings. The van der Waals surface area contributed by atoms with E-state index in [4.69, 9.17) is 4.52 Å². The zero-order valence-corrected chi connectivity index (χ0v) is 16.1. The highest BCUT2D eigenvalue weighted by molar-refractivity contribution is 7.13. The van der Waals surface area contributed by atoms with E-state index in [-0.39, 0.29) is 23.0 Å². The Hall–Kier alpha value is -1.73. The van der Waals surface area contributed by atoms with E-state index in [2.05, 4.69) is 48.5 Å². The van der Waals surface area contributed by atoms with Crippen LogP contribution in [0.15, 0.2) is 22.0 Å². The van der Waals surface area contributed by atoms with Crippen molar-refractivity contribution in [3.8, 4) is 10.7 Å². The van der Waals surface area contributed by atoms with Crippen molar-refractivity contribution in [1.29, 1.82) is 0 Å². The molecule has 0 saturated carbocycles. The number of nitrogens with zero attached hydrogens (tertiary/aromatic N) is 2. The summed E-state index contributed by atoms with van der Waals surface area (Å²) in [5.74, 6) is 1.13. The van der Waals surface area contributed by atoms with E-state index in [1.807, 2.05) is 17.5 Å². The zero-order valence-electron chi connectivity index (χ0n) is 15.3. The standard InChI is InChI=1S/C18H26N4O2S/c1-17(2)10-12(11-18(3,4)22-17)19-14(23)7-8-15-20-16(21-24-15)13-6-5-9-25-13/h5-6,9,12,22H,7-8,10-11H2,1-4H3,(H,19,23). The number of carbonyl (C=O) groups is 1. The summed E-state index contributed by atoms with van der Waals surface area (Å²) in [5.41, 5.74) is 0.0313. The second-order valence-corrected chi connectivity index (χ2v) is 9.00. The van der Waals surface area contributed by atoms with Gasteiger partial charge in [-0.25, -0.2) is 0 Å². The molecular formula is C18H26N4O2S. The SMILES string of the molecule is CC1(C)CC(NC(=O)CCc2nc(-c3cccs3)no2)CC(C)(C)N1. The third-order valence-electron chi connectivity index (χ3n) is 4.33. The minimum absolute atomic E-state index is 0.0157. The van der Waals surface area contributed by atoms with Crippen LogP contribution in [0.5, 0.6) is 0 Å². The molecule has 2 N–H and O–H groups in total. The predicted molar refractivity (Wildman–Crippen MR) is 98.4 cm³/mol. The van der Waals surface area contributed by atoms with Crippen LogP contribution in [0.25, 0.3) is 10.7 Å². The zero-order chi connectivity index (χ0) is 18.1. The van der Waals surface area contributed by atoms with Gasteiger partial charge in [0.15, 0.2) is 0 Å². The van der Waals surface area contributed by atoms with Crippen molar-refractivity contribution >= 4 is 17.2 Å². The lowest BCUT2D eigenvalue weighted by atomic mass is 9.79. The molecule has 3 rings (SSSR count). The van der Waals surface area contributed by atoms with Crippen molar-refractivity contribution in [1.82, 2.24) is 20.8 Å². The smallest absolute Gasteiger partial charge is 0.227 e. The van der Waals surface area contributed by atoms with Gasteiger partial charge in [0.25, 0.3) is 0 Å². The summed E-state index contributed by atoms with van der Waals surface area (Å²) in [6.07, 6.45) is 2.66. The van der Waals surface area contributed by atoms with Crippen LogP contribution in [-0.4, -0.2) is 33.2 Å². The molecule has 1 saturated heterocycles. The highest BCUT2D eigenvalue weighted by Gasteiger charge is 2.38. The highest BCUT2D eigenvalue weighted by Crippen LogP contribution is 2.28. The number of aromatic nitrogens is 2. The van der Waals surface area contributed by atoms with Crippen molar-refractivity contribution in [2.75, 3.05) is 0 Å². The average Bonchev–Trinajstić information content (AvgIpc) is 3.13. The van der Waals surface area contributed by atoms with Gasteiger partial charge in [-0.05, 0) is 52.0 Å². The van der Waals surface area contributed by atoms with Crippen LogP contribution in [0, 0.1) is 0 Å². The summed E-state index contributed by atoms with van der Waals surface area (Å²) in [6, 6.07) is 4.08. The summed E-state index contributed by atoms with van der Waals surface area (Å²) in [7, 11) is 0. The number of aryl methyl sites for hydroxylation is 1. The quantitative estimate of drug-likeness (QED) is 0.854. The van der Waals surface area contributed by atoms with Crippen molar-refractivity contribution in [2.45, 2.75) is 70.5 Å². The van der Waals surface area contributed by atoms with Gasteiger partial charge in [-0.1, -0.05) is 11.2 Å². The number of carbonyl (C=O) groups excluding carboxylic acids is 1. The Morgan fingerprint density at radius 2 is 2.08 bits per heavy atom. The molecule has 0 spiro atoms. The maximum atomic E-state index is 12.3. The minimum Gasteiger partial charge on any atom is -0.353 e. The molecule has 0 bridgehead atoms. The van der Waals surface area contributed by atoms with Gasteiger partial charge in [-0.2, -0.15) is 4.98 Å². The number of amides is 1. The number of rotatable bonds is 5. The first-order valence-corrected chi connectivity index (χ1v) is 9.56. The summed E-state index contributed by atoms with van der Waals surface area (Å²) in [6.45, 7) is 8.71. The summed E-state index contributed by atoms with van der Waals surface area (Å²) < 4.78 is 5.25. The number of hydrogen-bond acceptors (Lipinski definition) is 6. The molecule has 0 radical (unpaired) electrons. The van der Waals surface area contributed by atoms with Gasteiger partial charge in [0.1, 0.15) is 0 Å². The average molecular weight is 362 g/mol. The van der Waals surface area contributed by atoms with Gasteiger partial charge in [0.05, 0.1) is 4.88 Å². The molecule has 1 fully saturated rings. The van der Waals surface area contributed by atoms with Crippen molar-refractivity contribution in [3.05, 3.63) is 23.4 Å². The van der Waals surface area contributed by atoms with E-state index >= 15 is 0 Å². The molecule has 1 amide bonds. The number of thiophene rings is 1. The lowest BCUT2D eigenvalue weighted by Gasteiger charge is -2.46. The second kappa shape index (κ2) is 6.88. The Balaban J connectivity index is 1.51. The van der Waals surface area contributed by atoms with Gasteiger partial charge >= 0.3 is 0 Å². The molecule has 0 aromatic carbocycles. The van der Waals surface area contributed by atoms with E-state index in [1.165, 1.54) is 0 Å². The second-order valence-electron chi connectivity index (χ2n) is 8.05. The predicted octanol–water partition coefficient (Wildman–Crippen LogP) is 3.16. The van der Waals surface area contributed by atoms with Crippen molar-refractivity contribution in [2.24, 2.45) is 0 Å². The lowest BCUT2D eigenvalue weighted by Crippen LogP contribution is -2.62. The Morgan fingerprint density at radius 1 is 1.36 bits per heavy atom. The van der Waals surface area contributed by atoms with Crippen LogP contribution in [0.4, 0.5) is 0 Å². The fourth-order valence-corrected chi connectivity index (χ4v) is 4.46. The van der Waals surface area contributed by atoms with Crippen LogP contribution in [0.1, 0.15) is 52.8 Å². The first-order valence-electron chi connectivity index (χ1n) is 8.68. The Labute approximate surface area is 152 Å². The van der Waals surface area contributed by atoms with Crippen LogP contribution in [-0.2, 0) is 11.2 Å². The number of hydrogen-bond donors (Lipinski definition) is 2. The van der Waals surface area contributed by atoms with Crippen LogP contribution in [0.2, 0.25) is 0 Å². The Bertz CT molecular complexity index is 705. The first kappa shape index (κ1) is 18.1. The molecule has 0 atom stereocenters. The number of nitrogens with one attached hydrogen (secondary N) is 2. The highest BCUT2D eigenvalue weighted by atomic mass is 32.1. The fraction of sp³-hybridized carbons (Fsp3) is 0.611. The van der Waals surface area contributed by atoms with E-state index in [1.54, 1.807) is 11.3 Å². The Morgan fingerprint density at radius 3 is 2.72 bits per heavy atom. The molecule has 0 aliphatic carbocycles. The Kier molecular flexibility index (Phi) is 4.97. The van der Waals surface area contributed by atoms with E-state index in [9.17, 15) is 4.79 Å². The van der Waals surface area contributed by atoms with E-state index in [0.29, 0.717) is 24.6 Å². The van der Waals surface area contributed by atoms with Crippen molar-refractivity contribution in [3.63, 3.8) is 0 Å². The summed E-state index contributed by atoms with van der Waals surface area (Å²) in [4.78, 5) is 17.7. The molecule has 0 unspecified atom stereocenters. The minimum atomic E-state index is 0.0157. The maximum absolute atomic E-state index is 12.3. The summed E-state index contributed by atoms with van der Waals surface area (Å²) >= 11 is 1.57. The molecule has 136 valence electrons. The number of piperidine rings is 1. The molecule has 7 heteroatoms. The normalized spacial score (nSPS) is 19.7. The topological polar surface area (TPSA) is 80.1 Å². The molecular weight excluding hydrogens is 336 g/mol. The molecule has 6 nitrogen and oxygen atoms in total. The third kappa shape index (κ3) is 4.89. The van der Waals surface area contributed by atoms with Gasteiger partial charge in [0, 0.05) is 30.0 Å². The first-order chi connectivity index (χ1) is 11.7.